The molecule has 1 aromatic heterocycles. The van der Waals surface area contributed by atoms with Gasteiger partial charge in [0.1, 0.15) is 23.7 Å². The van der Waals surface area contributed by atoms with Crippen LogP contribution in [0, 0.1) is 12.7 Å². The quantitative estimate of drug-likeness (QED) is 0.519. The second-order valence-corrected chi connectivity index (χ2v) is 6.18. The number of benzene rings is 2. The van der Waals surface area contributed by atoms with E-state index in [1.165, 1.54) is 19.2 Å². The van der Waals surface area contributed by atoms with Crippen molar-refractivity contribution >= 4 is 28.4 Å². The summed E-state index contributed by atoms with van der Waals surface area (Å²) in [5.41, 5.74) is 2.83. The van der Waals surface area contributed by atoms with Gasteiger partial charge in [-0.05, 0) is 42.8 Å². The Bertz CT molecular complexity index is 1020. The third kappa shape index (κ3) is 3.69. The first-order valence-electron chi connectivity index (χ1n) is 8.61. The number of carbonyl (C=O) groups excluding carboxylic acids is 2. The summed E-state index contributed by atoms with van der Waals surface area (Å²) in [7, 11) is 1.32. The summed E-state index contributed by atoms with van der Waals surface area (Å²) in [6.07, 6.45) is 0.523. The number of fused-ring (bicyclic) bond motifs is 1. The molecule has 0 aliphatic heterocycles. The summed E-state index contributed by atoms with van der Waals surface area (Å²) in [5.74, 6) is -0.422. The van der Waals surface area contributed by atoms with Gasteiger partial charge in [-0.3, -0.25) is 9.59 Å². The lowest BCUT2D eigenvalue weighted by Gasteiger charge is -2.10. The van der Waals surface area contributed by atoms with Crippen molar-refractivity contribution < 1.29 is 23.1 Å². The zero-order valence-corrected chi connectivity index (χ0v) is 15.4. The van der Waals surface area contributed by atoms with Crippen molar-refractivity contribution in [3.63, 3.8) is 0 Å². The van der Waals surface area contributed by atoms with E-state index in [0.717, 1.165) is 5.56 Å². The van der Waals surface area contributed by atoms with Crippen molar-refractivity contribution in [2.75, 3.05) is 19.0 Å². The minimum absolute atomic E-state index is 0.0428. The van der Waals surface area contributed by atoms with Gasteiger partial charge in [0.15, 0.2) is 5.78 Å². The third-order valence-corrected chi connectivity index (χ3v) is 4.41. The summed E-state index contributed by atoms with van der Waals surface area (Å²) in [4.78, 5) is 24.4. The van der Waals surface area contributed by atoms with Crippen LogP contribution in [0.15, 0.2) is 40.8 Å². The standard InChI is InChI=1S/C21H20FNO4/c1-4-17-20(16-7-5-13(22)10-18(16)27-17)21(25)15-8-6-14(9-12(15)2)23-11-19(24)26-3/h5-10,23H,4,11H2,1-3H3. The Morgan fingerprint density at radius 3 is 2.63 bits per heavy atom. The number of esters is 1. The maximum absolute atomic E-state index is 13.5. The molecule has 0 amide bonds. The van der Waals surface area contributed by atoms with Gasteiger partial charge in [-0.25, -0.2) is 4.39 Å². The van der Waals surface area contributed by atoms with E-state index in [1.54, 1.807) is 24.3 Å². The number of ether oxygens (including phenoxy) is 1. The van der Waals surface area contributed by atoms with Crippen LogP contribution in [-0.2, 0) is 16.0 Å². The monoisotopic (exact) mass is 369 g/mol. The Morgan fingerprint density at radius 1 is 1.19 bits per heavy atom. The fraction of sp³-hybridized carbons (Fsp3) is 0.238. The van der Waals surface area contributed by atoms with E-state index in [2.05, 4.69) is 10.1 Å². The Labute approximate surface area is 156 Å². The SMILES string of the molecule is CCc1oc2cc(F)ccc2c1C(=O)c1ccc(NCC(=O)OC)cc1C. The largest absolute Gasteiger partial charge is 0.468 e. The van der Waals surface area contributed by atoms with Crippen LogP contribution in [0.3, 0.4) is 0 Å². The van der Waals surface area contributed by atoms with Crippen LogP contribution < -0.4 is 5.32 Å². The third-order valence-electron chi connectivity index (χ3n) is 4.41. The molecule has 0 saturated carbocycles. The second-order valence-electron chi connectivity index (χ2n) is 6.18. The van der Waals surface area contributed by atoms with Crippen molar-refractivity contribution in [3.05, 3.63) is 64.7 Å². The number of hydrogen-bond donors (Lipinski definition) is 1. The van der Waals surface area contributed by atoms with Crippen LogP contribution in [0.5, 0.6) is 0 Å². The molecule has 0 saturated heterocycles. The lowest BCUT2D eigenvalue weighted by Crippen LogP contribution is -2.15. The van der Waals surface area contributed by atoms with Crippen LogP contribution in [0.1, 0.15) is 34.2 Å². The van der Waals surface area contributed by atoms with Gasteiger partial charge < -0.3 is 14.5 Å². The smallest absolute Gasteiger partial charge is 0.325 e. The van der Waals surface area contributed by atoms with Crippen molar-refractivity contribution in [2.45, 2.75) is 20.3 Å². The lowest BCUT2D eigenvalue weighted by atomic mass is 9.96. The zero-order chi connectivity index (χ0) is 19.6. The Hall–Kier alpha value is -3.15. The average molecular weight is 369 g/mol. The first kappa shape index (κ1) is 18.6. The van der Waals surface area contributed by atoms with Gasteiger partial charge in [0.2, 0.25) is 0 Å². The molecule has 0 bridgehead atoms. The molecule has 0 radical (unpaired) electrons. The number of aryl methyl sites for hydroxylation is 2. The predicted octanol–water partition coefficient (Wildman–Crippen LogP) is 4.26. The number of rotatable bonds is 6. The van der Waals surface area contributed by atoms with Crippen molar-refractivity contribution in [2.24, 2.45) is 0 Å². The molecule has 3 aromatic rings. The van der Waals surface area contributed by atoms with Crippen LogP contribution in [0.2, 0.25) is 0 Å². The average Bonchev–Trinajstić information content (AvgIpc) is 3.03. The number of carbonyl (C=O) groups is 2. The Balaban J connectivity index is 1.96. The molecular formula is C21H20FNO4. The number of furan rings is 1. The topological polar surface area (TPSA) is 68.5 Å². The van der Waals surface area contributed by atoms with Gasteiger partial charge in [-0.15, -0.1) is 0 Å². The molecule has 1 N–H and O–H groups in total. The Kier molecular flexibility index (Phi) is 5.26. The number of methoxy groups -OCH3 is 1. The fourth-order valence-corrected chi connectivity index (χ4v) is 3.03. The lowest BCUT2D eigenvalue weighted by molar-refractivity contribution is -0.138. The molecule has 6 heteroatoms. The van der Waals surface area contributed by atoms with E-state index in [9.17, 15) is 14.0 Å². The van der Waals surface area contributed by atoms with E-state index >= 15 is 0 Å². The van der Waals surface area contributed by atoms with Gasteiger partial charge >= 0.3 is 5.97 Å². The molecule has 140 valence electrons. The fourth-order valence-electron chi connectivity index (χ4n) is 3.03. The van der Waals surface area contributed by atoms with Crippen molar-refractivity contribution in [1.29, 1.82) is 0 Å². The summed E-state index contributed by atoms with van der Waals surface area (Å²) in [6.45, 7) is 3.75. The number of hydrogen-bond acceptors (Lipinski definition) is 5. The highest BCUT2D eigenvalue weighted by molar-refractivity contribution is 6.17. The van der Waals surface area contributed by atoms with Gasteiger partial charge in [0.25, 0.3) is 0 Å². The predicted molar refractivity (Wildman–Crippen MR) is 101 cm³/mol. The first-order chi connectivity index (χ1) is 12.9. The summed E-state index contributed by atoms with van der Waals surface area (Å²) in [6, 6.07) is 9.42. The van der Waals surface area contributed by atoms with E-state index in [4.69, 9.17) is 4.42 Å². The first-order valence-corrected chi connectivity index (χ1v) is 8.61. The minimum Gasteiger partial charge on any atom is -0.468 e. The molecule has 3 rings (SSSR count). The zero-order valence-electron chi connectivity index (χ0n) is 15.4. The highest BCUT2D eigenvalue weighted by Gasteiger charge is 2.22. The number of halogens is 1. The van der Waals surface area contributed by atoms with E-state index in [1.807, 2.05) is 13.8 Å². The molecule has 0 atom stereocenters. The van der Waals surface area contributed by atoms with E-state index < -0.39 is 5.82 Å². The molecule has 5 nitrogen and oxygen atoms in total. The molecule has 0 fully saturated rings. The summed E-state index contributed by atoms with van der Waals surface area (Å²) < 4.78 is 23.8. The number of ketones is 1. The van der Waals surface area contributed by atoms with Crippen LogP contribution >= 0.6 is 0 Å². The molecule has 2 aromatic carbocycles. The van der Waals surface area contributed by atoms with Crippen LogP contribution in [0.25, 0.3) is 11.0 Å². The maximum atomic E-state index is 13.5. The van der Waals surface area contributed by atoms with Gasteiger partial charge in [-0.2, -0.15) is 0 Å². The summed E-state index contributed by atoms with van der Waals surface area (Å²) in [5, 5.41) is 3.55. The van der Waals surface area contributed by atoms with Gasteiger partial charge in [0.05, 0.1) is 12.7 Å². The molecule has 1 heterocycles. The molecule has 27 heavy (non-hydrogen) atoms. The van der Waals surface area contributed by atoms with Crippen molar-refractivity contribution in [3.8, 4) is 0 Å². The molecule has 0 spiro atoms. The minimum atomic E-state index is -0.407. The van der Waals surface area contributed by atoms with Crippen LogP contribution in [-0.4, -0.2) is 25.4 Å². The van der Waals surface area contributed by atoms with Crippen molar-refractivity contribution in [1.82, 2.24) is 0 Å². The molecule has 0 unspecified atom stereocenters. The number of anilines is 1. The van der Waals surface area contributed by atoms with Gasteiger partial charge in [0, 0.05) is 29.1 Å². The number of nitrogens with one attached hydrogen (secondary N) is 1. The maximum Gasteiger partial charge on any atom is 0.325 e. The second kappa shape index (κ2) is 7.61. The molecule has 0 aliphatic rings. The summed E-state index contributed by atoms with van der Waals surface area (Å²) >= 11 is 0. The highest BCUT2D eigenvalue weighted by atomic mass is 19.1. The van der Waals surface area contributed by atoms with E-state index in [0.29, 0.717) is 40.0 Å². The Morgan fingerprint density at radius 2 is 1.96 bits per heavy atom. The van der Waals surface area contributed by atoms with E-state index in [-0.39, 0.29) is 18.3 Å². The van der Waals surface area contributed by atoms with Crippen LogP contribution in [0.4, 0.5) is 10.1 Å². The highest BCUT2D eigenvalue weighted by Crippen LogP contribution is 2.30. The molecule has 0 aliphatic carbocycles. The normalized spacial score (nSPS) is 10.8. The molecular weight excluding hydrogens is 349 g/mol. The van der Waals surface area contributed by atoms with Gasteiger partial charge in [-0.1, -0.05) is 6.92 Å².